The summed E-state index contributed by atoms with van der Waals surface area (Å²) in [6.07, 6.45) is 0. The van der Waals surface area contributed by atoms with Gasteiger partial charge in [0, 0.05) is 21.8 Å². The van der Waals surface area contributed by atoms with Gasteiger partial charge in [0.1, 0.15) is 5.25 Å². The first-order valence-electron chi connectivity index (χ1n) is 11.1. The third-order valence-electron chi connectivity index (χ3n) is 5.42. The van der Waals surface area contributed by atoms with Gasteiger partial charge in [-0.05, 0) is 67.4 Å². The van der Waals surface area contributed by atoms with Crippen LogP contribution in [0.1, 0.15) is 32.3 Å². The molecule has 0 spiro atoms. The van der Waals surface area contributed by atoms with Crippen LogP contribution in [0.4, 0.5) is 11.4 Å². The molecule has 1 atom stereocenters. The van der Waals surface area contributed by atoms with E-state index in [9.17, 15) is 9.59 Å². The van der Waals surface area contributed by atoms with Crippen molar-refractivity contribution in [3.05, 3.63) is 125 Å². The second-order valence-corrected chi connectivity index (χ2v) is 9.24. The van der Waals surface area contributed by atoms with Crippen molar-refractivity contribution in [1.82, 2.24) is 0 Å². The van der Waals surface area contributed by atoms with Gasteiger partial charge in [-0.3, -0.25) is 9.59 Å². The van der Waals surface area contributed by atoms with E-state index >= 15 is 0 Å². The fourth-order valence-corrected chi connectivity index (χ4v) is 4.50. The molecule has 0 radical (unpaired) electrons. The largest absolute Gasteiger partial charge is 0.325 e. The zero-order valence-corrected chi connectivity index (χ0v) is 19.9. The molecule has 2 amide bonds. The summed E-state index contributed by atoms with van der Waals surface area (Å²) in [4.78, 5) is 26.7. The van der Waals surface area contributed by atoms with Gasteiger partial charge < -0.3 is 10.6 Å². The van der Waals surface area contributed by atoms with Gasteiger partial charge in [0.25, 0.3) is 5.91 Å². The fourth-order valence-electron chi connectivity index (χ4n) is 3.47. The average Bonchev–Trinajstić information content (AvgIpc) is 2.86. The Hall–Kier alpha value is -3.83. The highest BCUT2D eigenvalue weighted by molar-refractivity contribution is 8.00. The van der Waals surface area contributed by atoms with Gasteiger partial charge in [-0.1, -0.05) is 66.2 Å². The number of carbonyl (C=O) groups is 2. The Balaban J connectivity index is 1.49. The SMILES string of the molecule is Cc1ccc(C(=O)Nc2ccc(SC(C(=O)Nc3ccccc3C)c3ccccc3)cc2)cc1. The van der Waals surface area contributed by atoms with Crippen LogP contribution in [0.5, 0.6) is 0 Å². The molecule has 0 aliphatic heterocycles. The average molecular weight is 467 g/mol. The summed E-state index contributed by atoms with van der Waals surface area (Å²) in [5.74, 6) is -0.234. The number of amides is 2. The lowest BCUT2D eigenvalue weighted by molar-refractivity contribution is -0.115. The highest BCUT2D eigenvalue weighted by Gasteiger charge is 2.22. The van der Waals surface area contributed by atoms with Crippen molar-refractivity contribution in [2.75, 3.05) is 10.6 Å². The van der Waals surface area contributed by atoms with Gasteiger partial charge in [-0.2, -0.15) is 0 Å². The van der Waals surface area contributed by atoms with Crippen molar-refractivity contribution in [3.8, 4) is 0 Å². The Morgan fingerprint density at radius 1 is 0.706 bits per heavy atom. The second-order valence-electron chi connectivity index (χ2n) is 8.06. The topological polar surface area (TPSA) is 58.2 Å². The number of carbonyl (C=O) groups excluding carboxylic acids is 2. The number of nitrogens with one attached hydrogen (secondary N) is 2. The predicted octanol–water partition coefficient (Wildman–Crippen LogP) is 7.03. The number of anilines is 2. The fraction of sp³-hybridized carbons (Fsp3) is 0.103. The van der Waals surface area contributed by atoms with Crippen molar-refractivity contribution >= 4 is 35.0 Å². The zero-order valence-electron chi connectivity index (χ0n) is 19.1. The molecular weight excluding hydrogens is 440 g/mol. The molecule has 4 aromatic rings. The third kappa shape index (κ3) is 5.94. The van der Waals surface area contributed by atoms with Crippen molar-refractivity contribution in [1.29, 1.82) is 0 Å². The van der Waals surface area contributed by atoms with E-state index in [0.717, 1.165) is 27.3 Å². The number of aryl methyl sites for hydroxylation is 2. The first kappa shape index (κ1) is 23.3. The maximum absolute atomic E-state index is 13.3. The van der Waals surface area contributed by atoms with Crippen LogP contribution in [0.15, 0.2) is 108 Å². The van der Waals surface area contributed by atoms with E-state index in [1.807, 2.05) is 117 Å². The van der Waals surface area contributed by atoms with Crippen LogP contribution >= 0.6 is 11.8 Å². The zero-order chi connectivity index (χ0) is 23.9. The van der Waals surface area contributed by atoms with Crippen LogP contribution in [0.3, 0.4) is 0 Å². The van der Waals surface area contributed by atoms with E-state index in [1.165, 1.54) is 11.8 Å². The van der Waals surface area contributed by atoms with Gasteiger partial charge in [0.2, 0.25) is 5.91 Å². The molecule has 2 N–H and O–H groups in total. The smallest absolute Gasteiger partial charge is 0.255 e. The lowest BCUT2D eigenvalue weighted by Gasteiger charge is -2.18. The molecule has 0 heterocycles. The molecule has 0 aliphatic rings. The van der Waals surface area contributed by atoms with E-state index in [2.05, 4.69) is 10.6 Å². The van der Waals surface area contributed by atoms with Crippen molar-refractivity contribution < 1.29 is 9.59 Å². The summed E-state index contributed by atoms with van der Waals surface area (Å²) in [6.45, 7) is 3.96. The lowest BCUT2D eigenvalue weighted by atomic mass is 10.1. The van der Waals surface area contributed by atoms with Crippen LogP contribution in [0, 0.1) is 13.8 Å². The highest BCUT2D eigenvalue weighted by atomic mass is 32.2. The maximum Gasteiger partial charge on any atom is 0.255 e. The van der Waals surface area contributed by atoms with Gasteiger partial charge >= 0.3 is 0 Å². The van der Waals surface area contributed by atoms with E-state index < -0.39 is 5.25 Å². The molecule has 0 fully saturated rings. The number of para-hydroxylation sites is 1. The van der Waals surface area contributed by atoms with Gasteiger partial charge in [-0.15, -0.1) is 11.8 Å². The Morgan fingerprint density at radius 3 is 2.03 bits per heavy atom. The Morgan fingerprint density at radius 2 is 1.35 bits per heavy atom. The summed E-state index contributed by atoms with van der Waals surface area (Å²) >= 11 is 1.48. The molecule has 4 rings (SSSR count). The minimum Gasteiger partial charge on any atom is -0.325 e. The first-order chi connectivity index (χ1) is 16.5. The Bertz CT molecular complexity index is 1270. The summed E-state index contributed by atoms with van der Waals surface area (Å²) < 4.78 is 0. The maximum atomic E-state index is 13.3. The minimum absolute atomic E-state index is 0.0812. The van der Waals surface area contributed by atoms with Gasteiger partial charge in [0.05, 0.1) is 0 Å². The van der Waals surface area contributed by atoms with Gasteiger partial charge in [-0.25, -0.2) is 0 Å². The summed E-state index contributed by atoms with van der Waals surface area (Å²) in [6, 6.07) is 32.5. The van der Waals surface area contributed by atoms with E-state index in [-0.39, 0.29) is 11.8 Å². The standard InChI is InChI=1S/C29H26N2O2S/c1-20-12-14-23(15-13-20)28(32)30-24-16-18-25(19-17-24)34-27(22-9-4-3-5-10-22)29(33)31-26-11-7-6-8-21(26)2/h3-19,27H,1-2H3,(H,30,32)(H,31,33). The monoisotopic (exact) mass is 466 g/mol. The number of hydrogen-bond donors (Lipinski definition) is 2. The van der Waals surface area contributed by atoms with Crippen LogP contribution in [-0.4, -0.2) is 11.8 Å². The minimum atomic E-state index is -0.422. The molecule has 4 aromatic carbocycles. The van der Waals surface area contributed by atoms with Crippen molar-refractivity contribution in [2.24, 2.45) is 0 Å². The molecule has 0 saturated heterocycles. The molecule has 0 bridgehead atoms. The van der Waals surface area contributed by atoms with E-state index in [4.69, 9.17) is 0 Å². The normalized spacial score (nSPS) is 11.5. The Labute approximate surface area is 204 Å². The van der Waals surface area contributed by atoms with Crippen molar-refractivity contribution in [2.45, 2.75) is 24.0 Å². The lowest BCUT2D eigenvalue weighted by Crippen LogP contribution is -2.19. The molecule has 34 heavy (non-hydrogen) atoms. The molecule has 170 valence electrons. The molecular formula is C29H26N2O2S. The van der Waals surface area contributed by atoms with E-state index in [1.54, 1.807) is 0 Å². The summed E-state index contributed by atoms with van der Waals surface area (Å²) in [5, 5.41) is 5.57. The first-order valence-corrected chi connectivity index (χ1v) is 11.9. The number of hydrogen-bond acceptors (Lipinski definition) is 3. The number of benzene rings is 4. The van der Waals surface area contributed by atoms with Crippen LogP contribution in [0.25, 0.3) is 0 Å². The van der Waals surface area contributed by atoms with Crippen LogP contribution in [-0.2, 0) is 4.79 Å². The highest BCUT2D eigenvalue weighted by Crippen LogP contribution is 2.37. The summed E-state index contributed by atoms with van der Waals surface area (Å²) in [5.41, 5.74) is 5.17. The molecule has 0 saturated carbocycles. The Kier molecular flexibility index (Phi) is 7.45. The number of thioether (sulfide) groups is 1. The molecule has 0 aromatic heterocycles. The van der Waals surface area contributed by atoms with Gasteiger partial charge in [0.15, 0.2) is 0 Å². The van der Waals surface area contributed by atoms with Crippen molar-refractivity contribution in [3.63, 3.8) is 0 Å². The third-order valence-corrected chi connectivity index (χ3v) is 6.69. The van der Waals surface area contributed by atoms with Crippen LogP contribution < -0.4 is 10.6 Å². The van der Waals surface area contributed by atoms with Crippen LogP contribution in [0.2, 0.25) is 0 Å². The molecule has 0 aliphatic carbocycles. The molecule has 1 unspecified atom stereocenters. The number of rotatable bonds is 7. The summed E-state index contributed by atoms with van der Waals surface area (Å²) in [7, 11) is 0. The predicted molar refractivity (Wildman–Crippen MR) is 140 cm³/mol. The molecule has 5 heteroatoms. The molecule has 4 nitrogen and oxygen atoms in total. The second kappa shape index (κ2) is 10.9. The van der Waals surface area contributed by atoms with E-state index in [0.29, 0.717) is 11.3 Å². The quantitative estimate of drug-likeness (QED) is 0.288.